The lowest BCUT2D eigenvalue weighted by Crippen LogP contribution is -2.52. The van der Waals surface area contributed by atoms with E-state index in [1.54, 1.807) is 4.90 Å². The molecule has 1 aliphatic rings. The molecule has 94 valence electrons. The molecule has 0 radical (unpaired) electrons. The highest BCUT2D eigenvalue weighted by molar-refractivity contribution is 5.48. The lowest BCUT2D eigenvalue weighted by Gasteiger charge is -2.35. The van der Waals surface area contributed by atoms with Crippen LogP contribution in [0.5, 0.6) is 5.88 Å². The number of carbonyl (C=O) groups excluding carboxylic acids is 1. The average molecular weight is 238 g/mol. The Labute approximate surface area is 101 Å². The summed E-state index contributed by atoms with van der Waals surface area (Å²) in [5, 5.41) is 3.89. The fraction of sp³-hybridized carbons (Fsp3) is 0.667. The molecule has 5 nitrogen and oxygen atoms in total. The van der Waals surface area contributed by atoms with Gasteiger partial charge in [0, 0.05) is 12.0 Å². The van der Waals surface area contributed by atoms with Gasteiger partial charge in [-0.15, -0.1) is 0 Å². The van der Waals surface area contributed by atoms with Gasteiger partial charge in [-0.05, 0) is 11.1 Å². The molecular weight excluding hydrogens is 220 g/mol. The highest BCUT2D eigenvalue weighted by Crippen LogP contribution is 2.27. The van der Waals surface area contributed by atoms with E-state index in [0.29, 0.717) is 30.8 Å². The predicted molar refractivity (Wildman–Crippen MR) is 61.8 cm³/mol. The van der Waals surface area contributed by atoms with Gasteiger partial charge in [0.25, 0.3) is 5.88 Å². The van der Waals surface area contributed by atoms with Gasteiger partial charge in [-0.3, -0.25) is 4.79 Å². The van der Waals surface area contributed by atoms with Crippen molar-refractivity contribution in [1.82, 2.24) is 10.1 Å². The van der Waals surface area contributed by atoms with Crippen LogP contribution >= 0.6 is 0 Å². The minimum atomic E-state index is 0.0486. The van der Waals surface area contributed by atoms with E-state index >= 15 is 0 Å². The zero-order valence-electron chi connectivity index (χ0n) is 10.4. The first-order chi connectivity index (χ1) is 8.10. The molecular formula is C12H18N2O3. The molecule has 0 spiro atoms. The summed E-state index contributed by atoms with van der Waals surface area (Å²) < 4.78 is 10.8. The molecule has 1 aromatic heterocycles. The molecule has 17 heavy (non-hydrogen) atoms. The summed E-state index contributed by atoms with van der Waals surface area (Å²) in [6.07, 6.45) is 0.877. The van der Waals surface area contributed by atoms with E-state index in [9.17, 15) is 4.79 Å². The van der Waals surface area contributed by atoms with Crippen LogP contribution in [0.4, 0.5) is 0 Å². The maximum Gasteiger partial charge on any atom is 0.254 e. The Morgan fingerprint density at radius 3 is 2.82 bits per heavy atom. The number of rotatable bonds is 5. The Morgan fingerprint density at radius 1 is 1.53 bits per heavy atom. The topological polar surface area (TPSA) is 55.6 Å². The monoisotopic (exact) mass is 238 g/mol. The molecule has 2 heterocycles. The zero-order valence-corrected chi connectivity index (χ0v) is 10.4. The number of amides is 1. The standard InChI is InChI=1S/C12H18N2O3/c1-8(2)9(3)11-4-12(13-17-11)16-10-5-14(6-10)7-15/h4,7-10H,5-6H2,1-3H3. The smallest absolute Gasteiger partial charge is 0.254 e. The van der Waals surface area contributed by atoms with Crippen LogP contribution in [0.3, 0.4) is 0 Å². The Hall–Kier alpha value is -1.52. The van der Waals surface area contributed by atoms with Crippen molar-refractivity contribution in [3.8, 4) is 5.88 Å². The fourth-order valence-electron chi connectivity index (χ4n) is 1.67. The molecule has 5 heteroatoms. The second-order valence-electron chi connectivity index (χ2n) is 4.90. The number of hydrogen-bond donors (Lipinski definition) is 0. The molecule has 0 bridgehead atoms. The van der Waals surface area contributed by atoms with Crippen LogP contribution in [-0.4, -0.2) is 35.7 Å². The highest BCUT2D eigenvalue weighted by Gasteiger charge is 2.28. The van der Waals surface area contributed by atoms with Crippen LogP contribution in [0.25, 0.3) is 0 Å². The zero-order chi connectivity index (χ0) is 12.4. The maximum atomic E-state index is 10.4. The summed E-state index contributed by atoms with van der Waals surface area (Å²) in [6.45, 7) is 7.65. The number of likely N-dealkylation sites (tertiary alicyclic amines) is 1. The largest absolute Gasteiger partial charge is 0.468 e. The Kier molecular flexibility index (Phi) is 3.36. The van der Waals surface area contributed by atoms with Crippen LogP contribution in [0.15, 0.2) is 10.6 Å². The summed E-state index contributed by atoms with van der Waals surface area (Å²) in [5.74, 6) is 2.20. The molecule has 0 aliphatic carbocycles. The van der Waals surface area contributed by atoms with Gasteiger partial charge in [0.2, 0.25) is 6.41 Å². The molecule has 1 aromatic rings. The van der Waals surface area contributed by atoms with Crippen molar-refractivity contribution in [2.24, 2.45) is 5.92 Å². The Bertz CT molecular complexity index is 383. The van der Waals surface area contributed by atoms with Gasteiger partial charge in [0.15, 0.2) is 0 Å². The molecule has 1 atom stereocenters. The molecule has 1 saturated heterocycles. The van der Waals surface area contributed by atoms with Crippen molar-refractivity contribution < 1.29 is 14.1 Å². The molecule has 0 aromatic carbocycles. The van der Waals surface area contributed by atoms with Crippen molar-refractivity contribution in [3.63, 3.8) is 0 Å². The van der Waals surface area contributed by atoms with Crippen LogP contribution < -0.4 is 4.74 Å². The van der Waals surface area contributed by atoms with Gasteiger partial charge in [-0.2, -0.15) is 0 Å². The molecule has 2 rings (SSSR count). The van der Waals surface area contributed by atoms with Gasteiger partial charge >= 0.3 is 0 Å². The van der Waals surface area contributed by atoms with Gasteiger partial charge in [-0.1, -0.05) is 20.8 Å². The summed E-state index contributed by atoms with van der Waals surface area (Å²) >= 11 is 0. The molecule has 1 unspecified atom stereocenters. The van der Waals surface area contributed by atoms with Crippen LogP contribution in [0.1, 0.15) is 32.4 Å². The second kappa shape index (κ2) is 4.77. The molecule has 0 N–H and O–H groups in total. The third kappa shape index (κ3) is 2.60. The Morgan fingerprint density at radius 2 is 2.24 bits per heavy atom. The van der Waals surface area contributed by atoms with Crippen LogP contribution in [-0.2, 0) is 4.79 Å². The SMILES string of the molecule is CC(C)C(C)c1cc(OC2CN(C=O)C2)no1. The summed E-state index contributed by atoms with van der Waals surface area (Å²) in [4.78, 5) is 12.0. The summed E-state index contributed by atoms with van der Waals surface area (Å²) in [6, 6.07) is 1.84. The van der Waals surface area contributed by atoms with Gasteiger partial charge in [0.05, 0.1) is 13.1 Å². The quantitative estimate of drug-likeness (QED) is 0.732. The van der Waals surface area contributed by atoms with Crippen molar-refractivity contribution >= 4 is 6.41 Å². The molecule has 1 aliphatic heterocycles. The lowest BCUT2D eigenvalue weighted by molar-refractivity contribution is -0.126. The normalized spacial score (nSPS) is 18.0. The van der Waals surface area contributed by atoms with Crippen molar-refractivity contribution in [2.45, 2.75) is 32.8 Å². The number of ether oxygens (including phenoxy) is 1. The van der Waals surface area contributed by atoms with Crippen LogP contribution in [0.2, 0.25) is 0 Å². The number of aromatic nitrogens is 1. The molecule has 1 fully saturated rings. The first-order valence-electron chi connectivity index (χ1n) is 5.92. The number of carbonyl (C=O) groups is 1. The maximum absolute atomic E-state index is 10.4. The second-order valence-corrected chi connectivity index (χ2v) is 4.90. The van der Waals surface area contributed by atoms with Crippen molar-refractivity contribution in [2.75, 3.05) is 13.1 Å². The summed E-state index contributed by atoms with van der Waals surface area (Å²) in [5.41, 5.74) is 0. The van der Waals surface area contributed by atoms with Gasteiger partial charge in [-0.25, -0.2) is 0 Å². The van der Waals surface area contributed by atoms with E-state index in [-0.39, 0.29) is 6.10 Å². The third-order valence-corrected chi connectivity index (χ3v) is 3.27. The average Bonchev–Trinajstić information content (AvgIpc) is 2.69. The minimum Gasteiger partial charge on any atom is -0.468 e. The lowest BCUT2D eigenvalue weighted by atomic mass is 9.96. The molecule has 1 amide bonds. The van der Waals surface area contributed by atoms with Gasteiger partial charge < -0.3 is 14.2 Å². The van der Waals surface area contributed by atoms with E-state index in [1.807, 2.05) is 6.07 Å². The van der Waals surface area contributed by atoms with E-state index in [2.05, 4.69) is 25.9 Å². The van der Waals surface area contributed by atoms with Gasteiger partial charge in [0.1, 0.15) is 11.9 Å². The molecule has 0 saturated carbocycles. The third-order valence-electron chi connectivity index (χ3n) is 3.27. The van der Waals surface area contributed by atoms with E-state index in [0.717, 1.165) is 12.2 Å². The first kappa shape index (κ1) is 12.0. The predicted octanol–water partition coefficient (Wildman–Crippen LogP) is 1.65. The number of hydrogen-bond acceptors (Lipinski definition) is 4. The van der Waals surface area contributed by atoms with Crippen molar-refractivity contribution in [3.05, 3.63) is 11.8 Å². The van der Waals surface area contributed by atoms with Crippen molar-refractivity contribution in [1.29, 1.82) is 0 Å². The van der Waals surface area contributed by atoms with E-state index in [1.165, 1.54) is 0 Å². The minimum absolute atomic E-state index is 0.0486. The number of nitrogens with zero attached hydrogens (tertiary/aromatic N) is 2. The Balaban J connectivity index is 1.89. The first-order valence-corrected chi connectivity index (χ1v) is 5.92. The van der Waals surface area contributed by atoms with E-state index < -0.39 is 0 Å². The van der Waals surface area contributed by atoms with E-state index in [4.69, 9.17) is 9.26 Å². The summed E-state index contributed by atoms with van der Waals surface area (Å²) in [7, 11) is 0. The fourth-order valence-corrected chi connectivity index (χ4v) is 1.67. The highest BCUT2D eigenvalue weighted by atomic mass is 16.5. The van der Waals surface area contributed by atoms with Crippen LogP contribution in [0, 0.1) is 5.92 Å².